The van der Waals surface area contributed by atoms with Crippen LogP contribution in [0.1, 0.15) is 36.0 Å². The Hall–Kier alpha value is -2.37. The van der Waals surface area contributed by atoms with Crippen LogP contribution in [0.4, 0.5) is 0 Å². The number of rotatable bonds is 3. The predicted molar refractivity (Wildman–Crippen MR) is 110 cm³/mol. The van der Waals surface area contributed by atoms with Crippen molar-refractivity contribution in [2.45, 2.75) is 43.8 Å². The van der Waals surface area contributed by atoms with E-state index in [0.29, 0.717) is 39.7 Å². The van der Waals surface area contributed by atoms with E-state index in [4.69, 9.17) is 16.0 Å². The molecule has 2 unspecified atom stereocenters. The van der Waals surface area contributed by atoms with Crippen molar-refractivity contribution >= 4 is 28.6 Å². The Morgan fingerprint density at radius 1 is 1.18 bits per heavy atom. The normalized spacial score (nSPS) is 24.6. The molecule has 0 saturated carbocycles. The molecule has 6 heteroatoms. The smallest absolute Gasteiger partial charge is 0.253 e. The molecule has 5 rings (SSSR count). The summed E-state index contributed by atoms with van der Waals surface area (Å²) in [6, 6.07) is 14.4. The second-order valence-electron chi connectivity index (χ2n) is 7.88. The molecule has 0 spiro atoms. The summed E-state index contributed by atoms with van der Waals surface area (Å²) in [4.78, 5) is 20.1. The Morgan fingerprint density at radius 2 is 1.89 bits per heavy atom. The molecule has 0 aliphatic carbocycles. The summed E-state index contributed by atoms with van der Waals surface area (Å²) in [6.45, 7) is 0. The predicted octanol–water partition coefficient (Wildman–Crippen LogP) is 4.50. The number of carbonyl (C=O) groups excluding carboxylic acids is 1. The minimum Gasteiger partial charge on any atom is -0.436 e. The SMILES string of the molecule is CN1C2CCC1CC(NC(=O)c1cc(Cl)cc3oc(-c4ccccc4)nc13)C2. The van der Waals surface area contributed by atoms with Crippen molar-refractivity contribution in [1.29, 1.82) is 0 Å². The summed E-state index contributed by atoms with van der Waals surface area (Å²) >= 11 is 6.27. The van der Waals surface area contributed by atoms with Crippen LogP contribution in [0.2, 0.25) is 5.02 Å². The van der Waals surface area contributed by atoms with Crippen molar-refractivity contribution in [3.8, 4) is 11.5 Å². The first-order valence-electron chi connectivity index (χ1n) is 9.77. The number of nitrogens with one attached hydrogen (secondary N) is 1. The quantitative estimate of drug-likeness (QED) is 0.709. The fourth-order valence-corrected chi connectivity index (χ4v) is 4.87. The zero-order valence-electron chi connectivity index (χ0n) is 15.7. The number of hydrogen-bond acceptors (Lipinski definition) is 4. The first-order chi connectivity index (χ1) is 13.6. The summed E-state index contributed by atoms with van der Waals surface area (Å²) in [5, 5.41) is 3.69. The van der Waals surface area contributed by atoms with E-state index in [-0.39, 0.29) is 11.9 Å². The van der Waals surface area contributed by atoms with E-state index in [9.17, 15) is 4.79 Å². The van der Waals surface area contributed by atoms with Gasteiger partial charge in [-0.15, -0.1) is 0 Å². The number of amides is 1. The van der Waals surface area contributed by atoms with Gasteiger partial charge in [-0.3, -0.25) is 4.79 Å². The first kappa shape index (κ1) is 17.7. The molecule has 3 heterocycles. The topological polar surface area (TPSA) is 58.4 Å². The van der Waals surface area contributed by atoms with Crippen LogP contribution in [-0.4, -0.2) is 41.0 Å². The third-order valence-corrected chi connectivity index (χ3v) is 6.38. The molecule has 3 aromatic rings. The summed E-state index contributed by atoms with van der Waals surface area (Å²) in [7, 11) is 2.20. The Balaban J connectivity index is 1.45. The molecule has 1 N–H and O–H groups in total. The monoisotopic (exact) mass is 395 g/mol. The molecule has 28 heavy (non-hydrogen) atoms. The lowest BCUT2D eigenvalue weighted by molar-refractivity contribution is 0.0884. The number of benzene rings is 2. The average Bonchev–Trinajstić information content (AvgIpc) is 3.19. The van der Waals surface area contributed by atoms with Gasteiger partial charge in [0.05, 0.1) is 5.56 Å². The number of carbonyl (C=O) groups is 1. The second kappa shape index (κ2) is 6.90. The van der Waals surface area contributed by atoms with Crippen molar-refractivity contribution < 1.29 is 9.21 Å². The Labute approximate surface area is 168 Å². The van der Waals surface area contributed by atoms with Gasteiger partial charge in [0, 0.05) is 34.8 Å². The minimum absolute atomic E-state index is 0.130. The third kappa shape index (κ3) is 3.09. The van der Waals surface area contributed by atoms with Crippen molar-refractivity contribution in [3.05, 3.63) is 53.1 Å². The van der Waals surface area contributed by atoms with Gasteiger partial charge in [-0.2, -0.15) is 0 Å². The maximum absolute atomic E-state index is 13.1. The standard InChI is InChI=1S/C22H22ClN3O2/c1-26-16-7-8-17(26)12-15(11-16)24-21(27)18-9-14(23)10-19-20(18)25-22(28-19)13-5-3-2-4-6-13/h2-6,9-10,15-17H,7-8,11-12H2,1H3,(H,24,27). The molecule has 1 aromatic heterocycles. The number of hydrogen-bond donors (Lipinski definition) is 1. The maximum Gasteiger partial charge on any atom is 0.253 e. The van der Waals surface area contributed by atoms with Crippen LogP contribution >= 0.6 is 11.6 Å². The third-order valence-electron chi connectivity index (χ3n) is 6.16. The highest BCUT2D eigenvalue weighted by Gasteiger charge is 2.39. The highest BCUT2D eigenvalue weighted by molar-refractivity contribution is 6.32. The number of piperidine rings is 1. The van der Waals surface area contributed by atoms with E-state index in [1.54, 1.807) is 12.1 Å². The lowest BCUT2D eigenvalue weighted by Crippen LogP contribution is -2.48. The largest absolute Gasteiger partial charge is 0.436 e. The molecule has 5 nitrogen and oxygen atoms in total. The van der Waals surface area contributed by atoms with Crippen LogP contribution in [0.15, 0.2) is 46.9 Å². The van der Waals surface area contributed by atoms with Gasteiger partial charge in [-0.1, -0.05) is 29.8 Å². The van der Waals surface area contributed by atoms with Gasteiger partial charge in [-0.25, -0.2) is 4.98 Å². The van der Waals surface area contributed by atoms with Crippen LogP contribution in [-0.2, 0) is 0 Å². The van der Waals surface area contributed by atoms with E-state index in [1.807, 2.05) is 30.3 Å². The second-order valence-corrected chi connectivity index (χ2v) is 8.31. The maximum atomic E-state index is 13.1. The molecule has 2 aliphatic heterocycles. The molecule has 2 aromatic carbocycles. The zero-order chi connectivity index (χ0) is 19.3. The minimum atomic E-state index is -0.130. The number of aromatic nitrogens is 1. The molecule has 0 radical (unpaired) electrons. The molecule has 2 aliphatic rings. The van der Waals surface area contributed by atoms with Gasteiger partial charge < -0.3 is 14.6 Å². The first-order valence-corrected chi connectivity index (χ1v) is 10.1. The van der Waals surface area contributed by atoms with Crippen LogP contribution < -0.4 is 5.32 Å². The van der Waals surface area contributed by atoms with Gasteiger partial charge in [-0.05, 0) is 50.9 Å². The van der Waals surface area contributed by atoms with E-state index < -0.39 is 0 Å². The molecule has 144 valence electrons. The molecule has 2 saturated heterocycles. The van der Waals surface area contributed by atoms with Crippen LogP contribution in [0.25, 0.3) is 22.6 Å². The zero-order valence-corrected chi connectivity index (χ0v) is 16.4. The van der Waals surface area contributed by atoms with Crippen molar-refractivity contribution in [2.24, 2.45) is 0 Å². The lowest BCUT2D eigenvalue weighted by Gasteiger charge is -2.36. The summed E-state index contributed by atoms with van der Waals surface area (Å²) < 4.78 is 5.89. The Morgan fingerprint density at radius 3 is 2.61 bits per heavy atom. The molecule has 2 atom stereocenters. The summed E-state index contributed by atoms with van der Waals surface area (Å²) in [5.74, 6) is 0.360. The lowest BCUT2D eigenvalue weighted by atomic mass is 9.97. The van der Waals surface area contributed by atoms with Crippen molar-refractivity contribution in [3.63, 3.8) is 0 Å². The van der Waals surface area contributed by atoms with E-state index >= 15 is 0 Å². The Bertz CT molecular complexity index is 1020. The van der Waals surface area contributed by atoms with Gasteiger partial charge >= 0.3 is 0 Å². The molecule has 2 fully saturated rings. The number of fused-ring (bicyclic) bond motifs is 3. The van der Waals surface area contributed by atoms with E-state index in [2.05, 4.69) is 22.2 Å². The fourth-order valence-electron chi connectivity index (χ4n) is 4.67. The molecular weight excluding hydrogens is 374 g/mol. The summed E-state index contributed by atoms with van der Waals surface area (Å²) in [6.07, 6.45) is 4.43. The Kier molecular flexibility index (Phi) is 4.37. The van der Waals surface area contributed by atoms with Gasteiger partial charge in [0.1, 0.15) is 5.52 Å². The molecule has 1 amide bonds. The van der Waals surface area contributed by atoms with Crippen LogP contribution in [0.3, 0.4) is 0 Å². The summed E-state index contributed by atoms with van der Waals surface area (Å²) in [5.41, 5.74) is 2.42. The van der Waals surface area contributed by atoms with Crippen molar-refractivity contribution in [2.75, 3.05) is 7.05 Å². The van der Waals surface area contributed by atoms with Gasteiger partial charge in [0.2, 0.25) is 5.89 Å². The van der Waals surface area contributed by atoms with E-state index in [0.717, 1.165) is 18.4 Å². The fraction of sp³-hybridized carbons (Fsp3) is 0.364. The highest BCUT2D eigenvalue weighted by atomic mass is 35.5. The van der Waals surface area contributed by atoms with E-state index in [1.165, 1.54) is 12.8 Å². The van der Waals surface area contributed by atoms with Crippen molar-refractivity contribution in [1.82, 2.24) is 15.2 Å². The number of oxazole rings is 1. The van der Waals surface area contributed by atoms with Crippen LogP contribution in [0.5, 0.6) is 0 Å². The van der Waals surface area contributed by atoms with Gasteiger partial charge in [0.15, 0.2) is 5.58 Å². The number of halogens is 1. The highest BCUT2D eigenvalue weighted by Crippen LogP contribution is 2.35. The van der Waals surface area contributed by atoms with Gasteiger partial charge in [0.25, 0.3) is 5.91 Å². The molecular formula is C22H22ClN3O2. The van der Waals surface area contributed by atoms with Crippen LogP contribution in [0, 0.1) is 0 Å². The molecule has 2 bridgehead atoms. The average molecular weight is 396 g/mol. The number of nitrogens with zero attached hydrogens (tertiary/aromatic N) is 2.